The van der Waals surface area contributed by atoms with Crippen molar-refractivity contribution in [2.45, 2.75) is 18.2 Å². The Hall–Kier alpha value is -1.61. The van der Waals surface area contributed by atoms with Crippen LogP contribution in [0.15, 0.2) is 47.4 Å². The SMILES string of the molecule is CSc1ccc(C(=O)Cc2cc(F)ccc2C)cc1. The minimum atomic E-state index is -0.300. The third-order valence-electron chi connectivity index (χ3n) is 3.07. The molecule has 0 unspecified atom stereocenters. The maximum absolute atomic E-state index is 13.2. The number of carbonyl (C=O) groups excluding carboxylic acids is 1. The molecule has 0 amide bonds. The van der Waals surface area contributed by atoms with Crippen molar-refractivity contribution in [1.29, 1.82) is 0 Å². The molecular weight excluding hydrogens is 259 g/mol. The van der Waals surface area contributed by atoms with Gasteiger partial charge in [0, 0.05) is 16.9 Å². The van der Waals surface area contributed by atoms with Gasteiger partial charge in [0.2, 0.25) is 0 Å². The van der Waals surface area contributed by atoms with E-state index in [1.807, 2.05) is 37.4 Å². The Morgan fingerprint density at radius 2 is 1.84 bits per heavy atom. The highest BCUT2D eigenvalue weighted by Crippen LogP contribution is 2.17. The summed E-state index contributed by atoms with van der Waals surface area (Å²) in [5, 5.41) is 0. The van der Waals surface area contributed by atoms with Crippen LogP contribution in [0.4, 0.5) is 4.39 Å². The number of benzene rings is 2. The van der Waals surface area contributed by atoms with Gasteiger partial charge in [-0.15, -0.1) is 11.8 Å². The molecule has 0 fully saturated rings. The zero-order valence-electron chi connectivity index (χ0n) is 10.9. The van der Waals surface area contributed by atoms with Crippen LogP contribution in [0.2, 0.25) is 0 Å². The van der Waals surface area contributed by atoms with Crippen molar-refractivity contribution in [3.05, 3.63) is 65.0 Å². The predicted molar refractivity (Wildman–Crippen MR) is 77.4 cm³/mol. The van der Waals surface area contributed by atoms with Gasteiger partial charge in [0.05, 0.1) is 0 Å². The highest BCUT2D eigenvalue weighted by molar-refractivity contribution is 7.98. The zero-order chi connectivity index (χ0) is 13.8. The molecule has 0 atom stereocenters. The highest BCUT2D eigenvalue weighted by Gasteiger charge is 2.09. The van der Waals surface area contributed by atoms with E-state index in [1.165, 1.54) is 12.1 Å². The molecule has 0 aliphatic rings. The topological polar surface area (TPSA) is 17.1 Å². The summed E-state index contributed by atoms with van der Waals surface area (Å²) in [6.45, 7) is 1.89. The first-order chi connectivity index (χ1) is 9.10. The molecule has 0 aliphatic carbocycles. The summed E-state index contributed by atoms with van der Waals surface area (Å²) in [7, 11) is 0. The average Bonchev–Trinajstić information content (AvgIpc) is 2.43. The van der Waals surface area contributed by atoms with Crippen LogP contribution in [-0.4, -0.2) is 12.0 Å². The van der Waals surface area contributed by atoms with Crippen LogP contribution >= 0.6 is 11.8 Å². The molecule has 2 aromatic rings. The second-order valence-corrected chi connectivity index (χ2v) is 5.28. The van der Waals surface area contributed by atoms with E-state index >= 15 is 0 Å². The van der Waals surface area contributed by atoms with Crippen molar-refractivity contribution >= 4 is 17.5 Å². The molecular formula is C16H15FOS. The number of carbonyl (C=O) groups is 1. The molecule has 3 heteroatoms. The van der Waals surface area contributed by atoms with Crippen LogP contribution in [0.3, 0.4) is 0 Å². The van der Waals surface area contributed by atoms with Gasteiger partial charge in [-0.05, 0) is 48.6 Å². The monoisotopic (exact) mass is 274 g/mol. The molecule has 0 aromatic heterocycles. The fraction of sp³-hybridized carbons (Fsp3) is 0.188. The first-order valence-electron chi connectivity index (χ1n) is 6.02. The molecule has 0 heterocycles. The van der Waals surface area contributed by atoms with Crippen LogP contribution in [0, 0.1) is 12.7 Å². The summed E-state index contributed by atoms with van der Waals surface area (Å²) in [6.07, 6.45) is 2.23. The largest absolute Gasteiger partial charge is 0.294 e. The highest BCUT2D eigenvalue weighted by atomic mass is 32.2. The van der Waals surface area contributed by atoms with Gasteiger partial charge in [-0.25, -0.2) is 4.39 Å². The van der Waals surface area contributed by atoms with Gasteiger partial charge in [0.25, 0.3) is 0 Å². The first-order valence-corrected chi connectivity index (χ1v) is 7.25. The molecule has 0 aliphatic heterocycles. The molecule has 19 heavy (non-hydrogen) atoms. The van der Waals surface area contributed by atoms with E-state index in [1.54, 1.807) is 17.8 Å². The Labute approximate surface area is 116 Å². The van der Waals surface area contributed by atoms with Gasteiger partial charge in [-0.3, -0.25) is 4.79 Å². The molecule has 0 bridgehead atoms. The minimum absolute atomic E-state index is 0.0151. The van der Waals surface area contributed by atoms with Gasteiger partial charge in [-0.1, -0.05) is 18.2 Å². The predicted octanol–water partition coefficient (Wildman–Crippen LogP) is 4.28. The lowest BCUT2D eigenvalue weighted by atomic mass is 9.99. The number of hydrogen-bond acceptors (Lipinski definition) is 2. The Morgan fingerprint density at radius 3 is 2.47 bits per heavy atom. The number of aryl methyl sites for hydroxylation is 1. The normalized spacial score (nSPS) is 10.5. The van der Waals surface area contributed by atoms with Crippen LogP contribution in [-0.2, 0) is 6.42 Å². The fourth-order valence-electron chi connectivity index (χ4n) is 1.88. The number of ketones is 1. The van der Waals surface area contributed by atoms with Gasteiger partial charge in [0.15, 0.2) is 5.78 Å². The van der Waals surface area contributed by atoms with Gasteiger partial charge < -0.3 is 0 Å². The Morgan fingerprint density at radius 1 is 1.16 bits per heavy atom. The summed E-state index contributed by atoms with van der Waals surface area (Å²) in [5.41, 5.74) is 2.36. The Balaban J connectivity index is 2.18. The lowest BCUT2D eigenvalue weighted by Gasteiger charge is -2.06. The lowest BCUT2D eigenvalue weighted by Crippen LogP contribution is -2.05. The second-order valence-electron chi connectivity index (χ2n) is 4.40. The van der Waals surface area contributed by atoms with E-state index in [-0.39, 0.29) is 18.0 Å². The van der Waals surface area contributed by atoms with Crippen molar-refractivity contribution < 1.29 is 9.18 Å². The summed E-state index contributed by atoms with van der Waals surface area (Å²) in [5.74, 6) is -0.285. The van der Waals surface area contributed by atoms with Crippen molar-refractivity contribution in [3.8, 4) is 0 Å². The van der Waals surface area contributed by atoms with Gasteiger partial charge >= 0.3 is 0 Å². The molecule has 1 nitrogen and oxygen atoms in total. The first kappa shape index (κ1) is 13.8. The number of Topliss-reactive ketones (excluding diaryl/α,β-unsaturated/α-hetero) is 1. The molecule has 0 spiro atoms. The summed E-state index contributed by atoms with van der Waals surface area (Å²) >= 11 is 1.64. The number of rotatable bonds is 4. The maximum atomic E-state index is 13.2. The van der Waals surface area contributed by atoms with E-state index in [2.05, 4.69) is 0 Å². The standard InChI is InChI=1S/C16H15FOS/c1-11-3-6-14(17)9-13(11)10-16(18)12-4-7-15(19-2)8-5-12/h3-9H,10H2,1-2H3. The van der Waals surface area contributed by atoms with Crippen molar-refractivity contribution in [3.63, 3.8) is 0 Å². The molecule has 2 aromatic carbocycles. The molecule has 0 radical (unpaired) electrons. The number of thioether (sulfide) groups is 1. The third-order valence-corrected chi connectivity index (χ3v) is 3.82. The van der Waals surface area contributed by atoms with Crippen LogP contribution in [0.1, 0.15) is 21.5 Å². The Kier molecular flexibility index (Phi) is 4.38. The maximum Gasteiger partial charge on any atom is 0.167 e. The fourth-order valence-corrected chi connectivity index (χ4v) is 2.29. The molecule has 0 N–H and O–H groups in total. The van der Waals surface area contributed by atoms with E-state index in [0.717, 1.165) is 16.0 Å². The van der Waals surface area contributed by atoms with Gasteiger partial charge in [0.1, 0.15) is 5.82 Å². The second kappa shape index (κ2) is 6.02. The summed E-state index contributed by atoms with van der Waals surface area (Å²) < 4.78 is 13.2. The van der Waals surface area contributed by atoms with Gasteiger partial charge in [-0.2, -0.15) is 0 Å². The van der Waals surface area contributed by atoms with Crippen LogP contribution in [0.5, 0.6) is 0 Å². The third kappa shape index (κ3) is 3.44. The summed E-state index contributed by atoms with van der Waals surface area (Å²) in [6, 6.07) is 12.0. The Bertz CT molecular complexity index is 590. The van der Waals surface area contributed by atoms with Crippen molar-refractivity contribution in [2.75, 3.05) is 6.26 Å². The molecule has 0 saturated carbocycles. The number of hydrogen-bond donors (Lipinski definition) is 0. The van der Waals surface area contributed by atoms with Crippen molar-refractivity contribution in [1.82, 2.24) is 0 Å². The molecule has 0 saturated heterocycles. The lowest BCUT2D eigenvalue weighted by molar-refractivity contribution is 0.0992. The van der Waals surface area contributed by atoms with E-state index in [4.69, 9.17) is 0 Å². The van der Waals surface area contributed by atoms with Crippen LogP contribution in [0.25, 0.3) is 0 Å². The van der Waals surface area contributed by atoms with E-state index in [9.17, 15) is 9.18 Å². The molecule has 2 rings (SSSR count). The quantitative estimate of drug-likeness (QED) is 0.611. The van der Waals surface area contributed by atoms with Crippen LogP contribution < -0.4 is 0 Å². The van der Waals surface area contributed by atoms with Crippen molar-refractivity contribution in [2.24, 2.45) is 0 Å². The minimum Gasteiger partial charge on any atom is -0.294 e. The van der Waals surface area contributed by atoms with E-state index in [0.29, 0.717) is 5.56 Å². The summed E-state index contributed by atoms with van der Waals surface area (Å²) in [4.78, 5) is 13.3. The van der Waals surface area contributed by atoms with E-state index < -0.39 is 0 Å². The average molecular weight is 274 g/mol. The smallest absolute Gasteiger partial charge is 0.167 e. The number of halogens is 1. The zero-order valence-corrected chi connectivity index (χ0v) is 11.8. The molecule has 98 valence electrons.